The van der Waals surface area contributed by atoms with Gasteiger partial charge in [-0.15, -0.1) is 0 Å². The first kappa shape index (κ1) is 15.9. The Morgan fingerprint density at radius 3 is 3.13 bits per heavy atom. The summed E-state index contributed by atoms with van der Waals surface area (Å²) in [5, 5.41) is 6.95. The summed E-state index contributed by atoms with van der Waals surface area (Å²) >= 11 is 1.34. The summed E-state index contributed by atoms with van der Waals surface area (Å²) in [6.07, 6.45) is 2.25. The van der Waals surface area contributed by atoms with Crippen molar-refractivity contribution in [1.82, 2.24) is 14.7 Å². The Balaban J connectivity index is 1.54. The Morgan fingerprint density at radius 2 is 2.39 bits per heavy atom. The van der Waals surface area contributed by atoms with Crippen LogP contribution in [0.3, 0.4) is 0 Å². The third kappa shape index (κ3) is 4.49. The first-order chi connectivity index (χ1) is 11.2. The van der Waals surface area contributed by atoms with E-state index in [0.29, 0.717) is 18.7 Å². The van der Waals surface area contributed by atoms with Gasteiger partial charge in [0.15, 0.2) is 0 Å². The number of ether oxygens (including phenoxy) is 1. The lowest BCUT2D eigenvalue weighted by atomic mass is 10.1. The van der Waals surface area contributed by atoms with E-state index in [4.69, 9.17) is 4.74 Å². The number of hydrogen-bond donors (Lipinski definition) is 2. The minimum absolute atomic E-state index is 0.0610. The van der Waals surface area contributed by atoms with Crippen LogP contribution in [0, 0.1) is 6.92 Å². The number of aromatic nitrogens is 2. The SMILES string of the molecule is Cc1nsc(NCc2cccc(C(=O)NC[C@@H]3CCCO3)c2)n1. The number of hydrogen-bond acceptors (Lipinski definition) is 6. The molecule has 1 aliphatic heterocycles. The van der Waals surface area contributed by atoms with Crippen molar-refractivity contribution in [3.8, 4) is 0 Å². The number of aryl methyl sites for hydroxylation is 1. The standard InChI is InChI=1S/C16H20N4O2S/c1-11-19-16(23-20-11)18-9-12-4-2-5-13(8-12)15(21)17-10-14-6-3-7-22-14/h2,4-5,8,14H,3,6-7,9-10H2,1H3,(H,17,21)(H,18,19,20)/t14-/m0/s1. The Hall–Kier alpha value is -1.99. The Kier molecular flexibility index (Phi) is 5.19. The van der Waals surface area contributed by atoms with E-state index in [1.54, 1.807) is 0 Å². The van der Waals surface area contributed by atoms with Crippen LogP contribution in [-0.4, -0.2) is 34.5 Å². The van der Waals surface area contributed by atoms with Gasteiger partial charge < -0.3 is 15.4 Å². The molecule has 2 N–H and O–H groups in total. The van der Waals surface area contributed by atoms with Gasteiger partial charge in [-0.25, -0.2) is 4.98 Å². The predicted octanol–water partition coefficient (Wildman–Crippen LogP) is 2.37. The summed E-state index contributed by atoms with van der Waals surface area (Å²) in [5.74, 6) is 0.703. The van der Waals surface area contributed by atoms with Gasteiger partial charge in [0.2, 0.25) is 5.13 Å². The van der Waals surface area contributed by atoms with E-state index in [0.717, 1.165) is 36.0 Å². The first-order valence-corrected chi connectivity index (χ1v) is 8.51. The molecular weight excluding hydrogens is 312 g/mol. The van der Waals surface area contributed by atoms with Gasteiger partial charge in [-0.2, -0.15) is 4.37 Å². The minimum Gasteiger partial charge on any atom is -0.376 e. The molecule has 1 saturated heterocycles. The van der Waals surface area contributed by atoms with Crippen molar-refractivity contribution in [3.05, 3.63) is 41.2 Å². The fraction of sp³-hybridized carbons (Fsp3) is 0.438. The van der Waals surface area contributed by atoms with Gasteiger partial charge in [-0.1, -0.05) is 12.1 Å². The molecule has 2 heterocycles. The van der Waals surface area contributed by atoms with E-state index in [1.807, 2.05) is 31.2 Å². The van der Waals surface area contributed by atoms with Crippen LogP contribution in [0.15, 0.2) is 24.3 Å². The molecule has 6 nitrogen and oxygen atoms in total. The molecule has 1 fully saturated rings. The quantitative estimate of drug-likeness (QED) is 0.849. The van der Waals surface area contributed by atoms with Crippen molar-refractivity contribution in [2.45, 2.75) is 32.4 Å². The number of carbonyl (C=O) groups excluding carboxylic acids is 1. The van der Waals surface area contributed by atoms with Crippen molar-refractivity contribution in [2.75, 3.05) is 18.5 Å². The number of nitrogens with zero attached hydrogens (tertiary/aromatic N) is 2. The zero-order valence-corrected chi connectivity index (χ0v) is 13.9. The van der Waals surface area contributed by atoms with E-state index in [9.17, 15) is 4.79 Å². The normalized spacial score (nSPS) is 17.2. The molecule has 0 radical (unpaired) electrons. The van der Waals surface area contributed by atoms with Crippen LogP contribution in [0.1, 0.15) is 34.6 Å². The fourth-order valence-corrected chi connectivity index (χ4v) is 3.05. The molecule has 0 unspecified atom stereocenters. The lowest BCUT2D eigenvalue weighted by Gasteiger charge is -2.11. The fourth-order valence-electron chi connectivity index (χ4n) is 2.48. The number of nitrogens with one attached hydrogen (secondary N) is 2. The number of carbonyl (C=O) groups is 1. The van der Waals surface area contributed by atoms with Crippen molar-refractivity contribution in [2.24, 2.45) is 0 Å². The second-order valence-electron chi connectivity index (χ2n) is 5.55. The predicted molar refractivity (Wildman–Crippen MR) is 89.7 cm³/mol. The van der Waals surface area contributed by atoms with Crippen LogP contribution in [0.5, 0.6) is 0 Å². The van der Waals surface area contributed by atoms with Gasteiger partial charge in [0.25, 0.3) is 5.91 Å². The van der Waals surface area contributed by atoms with Crippen molar-refractivity contribution in [1.29, 1.82) is 0 Å². The monoisotopic (exact) mass is 332 g/mol. The minimum atomic E-state index is -0.0610. The molecule has 1 amide bonds. The maximum Gasteiger partial charge on any atom is 0.251 e. The average molecular weight is 332 g/mol. The van der Waals surface area contributed by atoms with Gasteiger partial charge >= 0.3 is 0 Å². The van der Waals surface area contributed by atoms with E-state index in [-0.39, 0.29) is 12.0 Å². The van der Waals surface area contributed by atoms with E-state index < -0.39 is 0 Å². The highest BCUT2D eigenvalue weighted by Gasteiger charge is 2.16. The van der Waals surface area contributed by atoms with E-state index in [1.165, 1.54) is 11.5 Å². The maximum atomic E-state index is 12.2. The summed E-state index contributed by atoms with van der Waals surface area (Å²) in [6.45, 7) is 3.85. The smallest absolute Gasteiger partial charge is 0.251 e. The lowest BCUT2D eigenvalue weighted by Crippen LogP contribution is -2.31. The molecule has 0 bridgehead atoms. The summed E-state index contributed by atoms with van der Waals surface area (Å²) in [4.78, 5) is 16.5. The molecule has 7 heteroatoms. The van der Waals surface area contributed by atoms with Crippen LogP contribution in [-0.2, 0) is 11.3 Å². The summed E-state index contributed by atoms with van der Waals surface area (Å²) in [7, 11) is 0. The third-order valence-electron chi connectivity index (χ3n) is 3.67. The molecule has 0 saturated carbocycles. The second-order valence-corrected chi connectivity index (χ2v) is 6.30. The largest absolute Gasteiger partial charge is 0.376 e. The van der Waals surface area contributed by atoms with Crippen molar-refractivity contribution >= 4 is 22.6 Å². The average Bonchev–Trinajstić information content (AvgIpc) is 3.22. The molecule has 1 aromatic carbocycles. The Bertz CT molecular complexity index is 668. The van der Waals surface area contributed by atoms with Gasteiger partial charge in [0, 0.05) is 36.8 Å². The topological polar surface area (TPSA) is 76.1 Å². The summed E-state index contributed by atoms with van der Waals surface area (Å²) in [6, 6.07) is 7.59. The molecular formula is C16H20N4O2S. The molecule has 122 valence electrons. The van der Waals surface area contributed by atoms with Gasteiger partial charge in [0.1, 0.15) is 5.82 Å². The molecule has 23 heavy (non-hydrogen) atoms. The highest BCUT2D eigenvalue weighted by molar-refractivity contribution is 7.09. The van der Waals surface area contributed by atoms with Crippen LogP contribution in [0.4, 0.5) is 5.13 Å². The number of benzene rings is 1. The van der Waals surface area contributed by atoms with Gasteiger partial charge in [0.05, 0.1) is 6.10 Å². The zero-order valence-electron chi connectivity index (χ0n) is 13.0. The highest BCUT2D eigenvalue weighted by Crippen LogP contribution is 2.14. The van der Waals surface area contributed by atoms with Crippen LogP contribution < -0.4 is 10.6 Å². The molecule has 1 aliphatic rings. The molecule has 3 rings (SSSR count). The maximum absolute atomic E-state index is 12.2. The van der Waals surface area contributed by atoms with Gasteiger partial charge in [-0.05, 0) is 37.5 Å². The Labute approximate surface area is 139 Å². The first-order valence-electron chi connectivity index (χ1n) is 7.73. The summed E-state index contributed by atoms with van der Waals surface area (Å²) < 4.78 is 9.64. The molecule has 1 aromatic heterocycles. The van der Waals surface area contributed by atoms with Crippen molar-refractivity contribution < 1.29 is 9.53 Å². The van der Waals surface area contributed by atoms with Gasteiger partial charge in [-0.3, -0.25) is 4.79 Å². The zero-order chi connectivity index (χ0) is 16.1. The van der Waals surface area contributed by atoms with Crippen LogP contribution >= 0.6 is 11.5 Å². The number of rotatable bonds is 6. The molecule has 1 atom stereocenters. The number of anilines is 1. The van der Waals surface area contributed by atoms with Crippen molar-refractivity contribution in [3.63, 3.8) is 0 Å². The Morgan fingerprint density at radius 1 is 1.48 bits per heavy atom. The third-order valence-corrected chi connectivity index (χ3v) is 4.44. The number of amides is 1. The second kappa shape index (κ2) is 7.52. The summed E-state index contributed by atoms with van der Waals surface area (Å²) in [5.41, 5.74) is 1.69. The lowest BCUT2D eigenvalue weighted by molar-refractivity contribution is 0.0857. The molecule has 2 aromatic rings. The van der Waals surface area contributed by atoms with Crippen LogP contribution in [0.25, 0.3) is 0 Å². The highest BCUT2D eigenvalue weighted by atomic mass is 32.1. The van der Waals surface area contributed by atoms with E-state index >= 15 is 0 Å². The molecule has 0 aliphatic carbocycles. The van der Waals surface area contributed by atoms with Crippen LogP contribution in [0.2, 0.25) is 0 Å². The van der Waals surface area contributed by atoms with E-state index in [2.05, 4.69) is 20.0 Å². The molecule has 0 spiro atoms.